The molecule has 1 aromatic rings. The molecule has 0 bridgehead atoms. The quantitative estimate of drug-likeness (QED) is 0.410. The Balaban J connectivity index is 1.56. The number of carbonyl (C=O) groups excluding carboxylic acids is 4. The van der Waals surface area contributed by atoms with Gasteiger partial charge in [0, 0.05) is 5.56 Å². The summed E-state index contributed by atoms with van der Waals surface area (Å²) in [5.74, 6) is -1.85. The number of hydrogen-bond donors (Lipinski definition) is 2. The SMILES string of the molecule is COc1cc(C(=O)NNC(=O)CN2C(=O)[C@H]3CC=CC[C@@H]3C2=O)ccc1OC(C)C. The maximum Gasteiger partial charge on any atom is 0.269 e. The second kappa shape index (κ2) is 8.98. The molecule has 9 heteroatoms. The minimum atomic E-state index is -0.664. The van der Waals surface area contributed by atoms with Gasteiger partial charge in [0.25, 0.3) is 11.8 Å². The predicted molar refractivity (Wildman–Crippen MR) is 106 cm³/mol. The van der Waals surface area contributed by atoms with Crippen molar-refractivity contribution in [3.63, 3.8) is 0 Å². The number of imide groups is 1. The lowest BCUT2D eigenvalue weighted by molar-refractivity contribution is -0.143. The second-order valence-electron chi connectivity index (χ2n) is 7.45. The maximum atomic E-state index is 12.4. The number of hydrogen-bond acceptors (Lipinski definition) is 6. The number of benzene rings is 1. The van der Waals surface area contributed by atoms with Crippen molar-refractivity contribution in [3.05, 3.63) is 35.9 Å². The molecule has 1 heterocycles. The second-order valence-corrected chi connectivity index (χ2v) is 7.45. The van der Waals surface area contributed by atoms with Crippen LogP contribution in [0.5, 0.6) is 11.5 Å². The lowest BCUT2D eigenvalue weighted by atomic mass is 9.85. The van der Waals surface area contributed by atoms with E-state index in [2.05, 4.69) is 10.9 Å². The van der Waals surface area contributed by atoms with Gasteiger partial charge in [-0.3, -0.25) is 34.9 Å². The molecule has 160 valence electrons. The number of allylic oxidation sites excluding steroid dienone is 2. The van der Waals surface area contributed by atoms with E-state index >= 15 is 0 Å². The highest BCUT2D eigenvalue weighted by Gasteiger charge is 2.47. The van der Waals surface area contributed by atoms with Gasteiger partial charge in [-0.1, -0.05) is 12.2 Å². The lowest BCUT2D eigenvalue weighted by Gasteiger charge is -2.16. The molecule has 4 amide bonds. The summed E-state index contributed by atoms with van der Waals surface area (Å²) in [5.41, 5.74) is 4.77. The van der Waals surface area contributed by atoms with Crippen LogP contribution in [0.1, 0.15) is 37.0 Å². The Hall–Kier alpha value is -3.36. The molecule has 1 aromatic carbocycles. The Labute approximate surface area is 174 Å². The van der Waals surface area contributed by atoms with E-state index in [-0.39, 0.29) is 23.5 Å². The van der Waals surface area contributed by atoms with Gasteiger partial charge in [0.1, 0.15) is 6.54 Å². The van der Waals surface area contributed by atoms with Gasteiger partial charge in [0.05, 0.1) is 25.0 Å². The number of carbonyl (C=O) groups is 4. The molecular formula is C21H25N3O6. The summed E-state index contributed by atoms with van der Waals surface area (Å²) in [6, 6.07) is 4.63. The van der Waals surface area contributed by atoms with Crippen LogP contribution in [0.2, 0.25) is 0 Å². The minimum absolute atomic E-state index is 0.0616. The van der Waals surface area contributed by atoms with Gasteiger partial charge in [-0.2, -0.15) is 0 Å². The van der Waals surface area contributed by atoms with Crippen LogP contribution in [-0.2, 0) is 14.4 Å². The molecule has 0 spiro atoms. The normalized spacial score (nSPS) is 20.2. The fourth-order valence-corrected chi connectivity index (χ4v) is 3.57. The molecule has 1 fully saturated rings. The first kappa shape index (κ1) is 21.4. The number of amides is 4. The van der Waals surface area contributed by atoms with Crippen LogP contribution in [0, 0.1) is 11.8 Å². The van der Waals surface area contributed by atoms with Crippen molar-refractivity contribution in [2.24, 2.45) is 11.8 Å². The first-order chi connectivity index (χ1) is 14.3. The van der Waals surface area contributed by atoms with Crippen LogP contribution in [0.15, 0.2) is 30.4 Å². The number of nitrogens with zero attached hydrogens (tertiary/aromatic N) is 1. The number of likely N-dealkylation sites (tertiary alicyclic amines) is 1. The number of hydrazine groups is 1. The van der Waals surface area contributed by atoms with Crippen LogP contribution < -0.4 is 20.3 Å². The molecule has 30 heavy (non-hydrogen) atoms. The molecule has 1 saturated heterocycles. The van der Waals surface area contributed by atoms with Crippen molar-refractivity contribution in [2.45, 2.75) is 32.8 Å². The highest BCUT2D eigenvalue weighted by molar-refractivity contribution is 6.07. The molecule has 0 aromatic heterocycles. The van der Waals surface area contributed by atoms with E-state index in [1.807, 2.05) is 26.0 Å². The molecule has 0 saturated carbocycles. The van der Waals surface area contributed by atoms with Crippen LogP contribution in [0.4, 0.5) is 0 Å². The molecular weight excluding hydrogens is 390 g/mol. The molecule has 1 aliphatic carbocycles. The molecule has 1 aliphatic heterocycles. The summed E-state index contributed by atoms with van der Waals surface area (Å²) >= 11 is 0. The molecule has 0 radical (unpaired) electrons. The van der Waals surface area contributed by atoms with Gasteiger partial charge < -0.3 is 9.47 Å². The Kier molecular flexibility index (Phi) is 6.39. The number of nitrogens with one attached hydrogen (secondary N) is 2. The van der Waals surface area contributed by atoms with Crippen molar-refractivity contribution in [3.8, 4) is 11.5 Å². The molecule has 0 unspecified atom stereocenters. The van der Waals surface area contributed by atoms with Gasteiger partial charge in [0.15, 0.2) is 11.5 Å². The van der Waals surface area contributed by atoms with Gasteiger partial charge in [0.2, 0.25) is 11.8 Å². The topological polar surface area (TPSA) is 114 Å². The minimum Gasteiger partial charge on any atom is -0.493 e. The first-order valence-electron chi connectivity index (χ1n) is 9.76. The van der Waals surface area contributed by atoms with Crippen molar-refractivity contribution >= 4 is 23.6 Å². The van der Waals surface area contributed by atoms with E-state index < -0.39 is 30.2 Å². The molecule has 2 N–H and O–H groups in total. The Morgan fingerprint density at radius 3 is 2.27 bits per heavy atom. The third kappa shape index (κ3) is 4.45. The van der Waals surface area contributed by atoms with E-state index in [0.29, 0.717) is 24.3 Å². The Morgan fingerprint density at radius 1 is 1.07 bits per heavy atom. The summed E-state index contributed by atoms with van der Waals surface area (Å²) in [7, 11) is 1.46. The zero-order valence-corrected chi connectivity index (χ0v) is 17.1. The third-order valence-electron chi connectivity index (χ3n) is 5.00. The summed E-state index contributed by atoms with van der Waals surface area (Å²) < 4.78 is 10.8. The summed E-state index contributed by atoms with van der Waals surface area (Å²) in [6.07, 6.45) is 4.70. The summed E-state index contributed by atoms with van der Waals surface area (Å²) in [4.78, 5) is 50.3. The highest BCUT2D eigenvalue weighted by atomic mass is 16.5. The number of fused-ring (bicyclic) bond motifs is 1. The van der Waals surface area contributed by atoms with Gasteiger partial charge in [-0.05, 0) is 44.9 Å². The highest BCUT2D eigenvalue weighted by Crippen LogP contribution is 2.34. The zero-order chi connectivity index (χ0) is 21.8. The molecule has 9 nitrogen and oxygen atoms in total. The fourth-order valence-electron chi connectivity index (χ4n) is 3.57. The van der Waals surface area contributed by atoms with E-state index in [0.717, 1.165) is 4.90 Å². The largest absolute Gasteiger partial charge is 0.493 e. The third-order valence-corrected chi connectivity index (χ3v) is 5.00. The Bertz CT molecular complexity index is 869. The van der Waals surface area contributed by atoms with E-state index in [1.54, 1.807) is 6.07 Å². The first-order valence-corrected chi connectivity index (χ1v) is 9.76. The van der Waals surface area contributed by atoms with Crippen molar-refractivity contribution in [1.82, 2.24) is 15.8 Å². The number of ether oxygens (including phenoxy) is 2. The number of rotatable bonds is 6. The van der Waals surface area contributed by atoms with Crippen molar-refractivity contribution < 1.29 is 28.7 Å². The smallest absolute Gasteiger partial charge is 0.269 e. The van der Waals surface area contributed by atoms with Crippen LogP contribution >= 0.6 is 0 Å². The number of methoxy groups -OCH3 is 1. The lowest BCUT2D eigenvalue weighted by Crippen LogP contribution is -2.47. The maximum absolute atomic E-state index is 12.4. The molecule has 2 atom stereocenters. The van der Waals surface area contributed by atoms with Crippen molar-refractivity contribution in [2.75, 3.05) is 13.7 Å². The summed E-state index contributed by atoms with van der Waals surface area (Å²) in [6.45, 7) is 3.31. The molecule has 3 rings (SSSR count). The monoisotopic (exact) mass is 415 g/mol. The average Bonchev–Trinajstić information content (AvgIpc) is 2.97. The van der Waals surface area contributed by atoms with Crippen LogP contribution in [0.3, 0.4) is 0 Å². The standard InChI is InChI=1S/C21H25N3O6/c1-12(2)30-16-9-8-13(10-17(16)29-3)19(26)23-22-18(25)11-24-20(27)14-6-4-5-7-15(14)21(24)28/h4-5,8-10,12,14-15H,6-7,11H2,1-3H3,(H,22,25)(H,23,26)/t14-,15-/m0/s1. The van der Waals surface area contributed by atoms with Gasteiger partial charge >= 0.3 is 0 Å². The van der Waals surface area contributed by atoms with E-state index in [9.17, 15) is 19.2 Å². The summed E-state index contributed by atoms with van der Waals surface area (Å²) in [5, 5.41) is 0. The zero-order valence-electron chi connectivity index (χ0n) is 17.1. The van der Waals surface area contributed by atoms with E-state index in [1.165, 1.54) is 19.2 Å². The Morgan fingerprint density at radius 2 is 1.70 bits per heavy atom. The van der Waals surface area contributed by atoms with Crippen LogP contribution in [0.25, 0.3) is 0 Å². The fraction of sp³-hybridized carbons (Fsp3) is 0.429. The van der Waals surface area contributed by atoms with Gasteiger partial charge in [-0.15, -0.1) is 0 Å². The van der Waals surface area contributed by atoms with E-state index in [4.69, 9.17) is 9.47 Å². The van der Waals surface area contributed by atoms with Gasteiger partial charge in [-0.25, -0.2) is 0 Å². The molecule has 2 aliphatic rings. The average molecular weight is 415 g/mol. The van der Waals surface area contributed by atoms with Crippen LogP contribution in [-0.4, -0.2) is 48.3 Å². The predicted octanol–water partition coefficient (Wildman–Crippen LogP) is 1.19. The van der Waals surface area contributed by atoms with Crippen molar-refractivity contribution in [1.29, 1.82) is 0 Å².